The Morgan fingerprint density at radius 1 is 1.11 bits per heavy atom. The predicted molar refractivity (Wildman–Crippen MR) is 110 cm³/mol. The minimum Gasteiger partial charge on any atom is -0.340 e. The number of carbonyl (C=O) groups is 1. The fourth-order valence-electron chi connectivity index (χ4n) is 4.01. The molecule has 7 heteroatoms. The lowest BCUT2D eigenvalue weighted by Crippen LogP contribution is -2.33. The molecule has 0 bridgehead atoms. The van der Waals surface area contributed by atoms with E-state index >= 15 is 0 Å². The molecule has 1 aliphatic heterocycles. The Kier molecular flexibility index (Phi) is 8.27. The number of unbranched alkanes of at least 4 members (excludes halogenated alkanes) is 4. The van der Waals surface area contributed by atoms with Gasteiger partial charge in [0.1, 0.15) is 0 Å². The first-order valence-corrected chi connectivity index (χ1v) is 10.9. The summed E-state index contributed by atoms with van der Waals surface area (Å²) in [5.74, 6) is 1.12. The first-order valence-electron chi connectivity index (χ1n) is 10.5. The van der Waals surface area contributed by atoms with E-state index in [9.17, 15) is 4.79 Å². The van der Waals surface area contributed by atoms with Crippen LogP contribution >= 0.6 is 11.6 Å². The summed E-state index contributed by atoms with van der Waals surface area (Å²) in [6.45, 7) is 0.903. The molecule has 0 radical (unpaired) electrons. The summed E-state index contributed by atoms with van der Waals surface area (Å²) in [5.41, 5.74) is 1.30. The van der Waals surface area contributed by atoms with Gasteiger partial charge in [-0.05, 0) is 56.2 Å². The van der Waals surface area contributed by atoms with Crippen molar-refractivity contribution in [1.82, 2.24) is 25.5 Å². The fourth-order valence-corrected chi connectivity index (χ4v) is 4.22. The fraction of sp³-hybridized carbons (Fsp3) is 0.619. The van der Waals surface area contributed by atoms with Crippen LogP contribution in [0.1, 0.15) is 69.2 Å². The Hall–Kier alpha value is -1.95. The molecule has 2 aromatic rings. The van der Waals surface area contributed by atoms with Crippen molar-refractivity contribution < 1.29 is 4.79 Å². The average molecular weight is 404 g/mol. The number of nitrogens with one attached hydrogen (secondary N) is 1. The number of rotatable bonds is 12. The SMILES string of the molecule is O=C1CCC(CCCCc2cccc(Cl)c2)N1CCCCCCc1nn[nH]n1. The van der Waals surface area contributed by atoms with E-state index < -0.39 is 0 Å². The summed E-state index contributed by atoms with van der Waals surface area (Å²) < 4.78 is 0. The molecule has 28 heavy (non-hydrogen) atoms. The molecule has 1 unspecified atom stereocenters. The lowest BCUT2D eigenvalue weighted by molar-refractivity contribution is -0.129. The normalized spacial score (nSPS) is 16.8. The van der Waals surface area contributed by atoms with Gasteiger partial charge in [-0.25, -0.2) is 0 Å². The number of amides is 1. The molecule has 0 aliphatic carbocycles. The maximum absolute atomic E-state index is 12.2. The smallest absolute Gasteiger partial charge is 0.222 e. The quantitative estimate of drug-likeness (QED) is 0.534. The average Bonchev–Trinajstić information content (AvgIpc) is 3.32. The second-order valence-corrected chi connectivity index (χ2v) is 8.08. The topological polar surface area (TPSA) is 74.8 Å². The molecule has 1 aromatic heterocycles. The molecule has 3 rings (SSSR count). The molecule has 2 heterocycles. The Morgan fingerprint density at radius 3 is 2.79 bits per heavy atom. The van der Waals surface area contributed by atoms with Crippen LogP contribution in [0.15, 0.2) is 24.3 Å². The summed E-state index contributed by atoms with van der Waals surface area (Å²) in [5, 5.41) is 14.8. The van der Waals surface area contributed by atoms with Crippen LogP contribution in [0.4, 0.5) is 0 Å². The van der Waals surface area contributed by atoms with Crippen molar-refractivity contribution in [3.8, 4) is 0 Å². The van der Waals surface area contributed by atoms with Gasteiger partial charge in [-0.2, -0.15) is 5.21 Å². The molecule has 1 aliphatic rings. The molecular formula is C21H30ClN5O. The van der Waals surface area contributed by atoms with Crippen LogP contribution in [0.5, 0.6) is 0 Å². The molecular weight excluding hydrogens is 374 g/mol. The molecule has 1 aromatic carbocycles. The lowest BCUT2D eigenvalue weighted by atomic mass is 10.0. The van der Waals surface area contributed by atoms with Crippen molar-refractivity contribution in [1.29, 1.82) is 0 Å². The van der Waals surface area contributed by atoms with E-state index in [-0.39, 0.29) is 0 Å². The minimum absolute atomic E-state index is 0.339. The molecule has 0 spiro atoms. The van der Waals surface area contributed by atoms with Gasteiger partial charge in [0, 0.05) is 30.5 Å². The zero-order valence-electron chi connectivity index (χ0n) is 16.4. The van der Waals surface area contributed by atoms with Crippen molar-refractivity contribution in [3.63, 3.8) is 0 Å². The molecule has 1 amide bonds. The van der Waals surface area contributed by atoms with Crippen LogP contribution < -0.4 is 0 Å². The van der Waals surface area contributed by atoms with Gasteiger partial charge in [0.05, 0.1) is 0 Å². The highest BCUT2D eigenvalue weighted by Crippen LogP contribution is 2.24. The lowest BCUT2D eigenvalue weighted by Gasteiger charge is -2.25. The monoisotopic (exact) mass is 403 g/mol. The third-order valence-corrected chi connectivity index (χ3v) is 5.77. The van der Waals surface area contributed by atoms with Gasteiger partial charge in [-0.1, -0.05) is 48.2 Å². The number of nitrogens with zero attached hydrogens (tertiary/aromatic N) is 4. The molecule has 152 valence electrons. The molecule has 1 saturated heterocycles. The van der Waals surface area contributed by atoms with Crippen LogP contribution in [0.25, 0.3) is 0 Å². The second-order valence-electron chi connectivity index (χ2n) is 7.65. The standard InChI is InChI=1S/C21H30ClN5O/c22-18-10-7-9-17(16-18)8-4-5-11-19-13-14-21(28)27(19)15-6-2-1-3-12-20-23-25-26-24-20/h7,9-10,16,19H,1-6,8,11-15H2,(H,23,24,25,26). The first kappa shape index (κ1) is 20.8. The first-order chi connectivity index (χ1) is 13.7. The summed E-state index contributed by atoms with van der Waals surface area (Å²) >= 11 is 6.05. The van der Waals surface area contributed by atoms with Gasteiger partial charge in [0.2, 0.25) is 5.91 Å². The highest BCUT2D eigenvalue weighted by molar-refractivity contribution is 6.30. The summed E-state index contributed by atoms with van der Waals surface area (Å²) in [6.07, 6.45) is 11.5. The van der Waals surface area contributed by atoms with E-state index in [0.29, 0.717) is 11.9 Å². The molecule has 1 N–H and O–H groups in total. The van der Waals surface area contributed by atoms with Gasteiger partial charge in [0.25, 0.3) is 0 Å². The van der Waals surface area contributed by atoms with E-state index in [0.717, 1.165) is 88.0 Å². The number of likely N-dealkylation sites (tertiary alicyclic amines) is 1. The number of benzene rings is 1. The van der Waals surface area contributed by atoms with Gasteiger partial charge in [0.15, 0.2) is 5.82 Å². The number of hydrogen-bond donors (Lipinski definition) is 1. The zero-order chi connectivity index (χ0) is 19.6. The largest absolute Gasteiger partial charge is 0.340 e. The third-order valence-electron chi connectivity index (χ3n) is 5.53. The van der Waals surface area contributed by atoms with Crippen LogP contribution in [-0.2, 0) is 17.6 Å². The van der Waals surface area contributed by atoms with E-state index in [4.69, 9.17) is 11.6 Å². The van der Waals surface area contributed by atoms with Gasteiger partial charge < -0.3 is 4.90 Å². The van der Waals surface area contributed by atoms with Crippen molar-refractivity contribution >= 4 is 17.5 Å². The number of aromatic amines is 1. The van der Waals surface area contributed by atoms with Crippen LogP contribution in [0, 0.1) is 0 Å². The maximum atomic E-state index is 12.2. The Morgan fingerprint density at radius 2 is 1.96 bits per heavy atom. The summed E-state index contributed by atoms with van der Waals surface area (Å²) in [7, 11) is 0. The third kappa shape index (κ3) is 6.59. The molecule has 0 saturated carbocycles. The van der Waals surface area contributed by atoms with Crippen molar-refractivity contribution in [2.45, 2.75) is 76.7 Å². The second kappa shape index (κ2) is 11.1. The number of aromatic nitrogens is 4. The number of halogens is 1. The molecule has 1 atom stereocenters. The number of hydrogen-bond acceptors (Lipinski definition) is 4. The van der Waals surface area contributed by atoms with Crippen LogP contribution in [0.2, 0.25) is 5.02 Å². The van der Waals surface area contributed by atoms with Gasteiger partial charge >= 0.3 is 0 Å². The van der Waals surface area contributed by atoms with Gasteiger partial charge in [-0.3, -0.25) is 4.79 Å². The van der Waals surface area contributed by atoms with Crippen molar-refractivity contribution in [2.24, 2.45) is 0 Å². The minimum atomic E-state index is 0.339. The van der Waals surface area contributed by atoms with Crippen molar-refractivity contribution in [3.05, 3.63) is 40.7 Å². The van der Waals surface area contributed by atoms with Gasteiger partial charge in [-0.15, -0.1) is 10.2 Å². The van der Waals surface area contributed by atoms with E-state index in [2.05, 4.69) is 31.6 Å². The number of carbonyl (C=O) groups excluding carboxylic acids is 1. The van der Waals surface area contributed by atoms with Crippen LogP contribution in [0.3, 0.4) is 0 Å². The van der Waals surface area contributed by atoms with E-state index in [1.165, 1.54) is 5.56 Å². The number of aryl methyl sites for hydroxylation is 2. The Balaban J connectivity index is 1.29. The summed E-state index contributed by atoms with van der Waals surface area (Å²) in [4.78, 5) is 14.4. The predicted octanol–water partition coefficient (Wildman–Crippen LogP) is 4.36. The van der Waals surface area contributed by atoms with Crippen LogP contribution in [-0.4, -0.2) is 44.0 Å². The maximum Gasteiger partial charge on any atom is 0.222 e. The molecule has 1 fully saturated rings. The Bertz CT molecular complexity index is 721. The zero-order valence-corrected chi connectivity index (χ0v) is 17.2. The summed E-state index contributed by atoms with van der Waals surface area (Å²) in [6, 6.07) is 8.54. The molecule has 6 nitrogen and oxygen atoms in total. The Labute approximate surface area is 172 Å². The van der Waals surface area contributed by atoms with E-state index in [1.54, 1.807) is 0 Å². The van der Waals surface area contributed by atoms with Crippen molar-refractivity contribution in [2.75, 3.05) is 6.54 Å². The highest BCUT2D eigenvalue weighted by Gasteiger charge is 2.29. The highest BCUT2D eigenvalue weighted by atomic mass is 35.5. The number of tetrazole rings is 1. The van der Waals surface area contributed by atoms with E-state index in [1.807, 2.05) is 18.2 Å². The number of H-pyrrole nitrogens is 1.